The Morgan fingerprint density at radius 1 is 0.778 bits per heavy atom. The topological polar surface area (TPSA) is 83.6 Å². The molecule has 0 aromatic heterocycles. The first-order valence-corrected chi connectivity index (χ1v) is 14.3. The number of nitrogens with zero attached hydrogens (tertiary/aromatic N) is 1. The van der Waals surface area contributed by atoms with Crippen LogP contribution in [0.5, 0.6) is 0 Å². The number of alkyl halides is 6. The third-order valence-electron chi connectivity index (χ3n) is 3.31. The Morgan fingerprint density at radius 3 is 1.26 bits per heavy atom. The van der Waals surface area contributed by atoms with Crippen molar-refractivity contribution >= 4 is 27.5 Å². The van der Waals surface area contributed by atoms with Gasteiger partial charge in [0.1, 0.15) is 0 Å². The molecule has 15 heteroatoms. The fourth-order valence-corrected chi connectivity index (χ4v) is 7.99. The summed E-state index contributed by atoms with van der Waals surface area (Å²) in [5.41, 5.74) is -15.1. The Labute approximate surface area is 156 Å². The van der Waals surface area contributed by atoms with E-state index in [9.17, 15) is 43.2 Å². The Morgan fingerprint density at radius 2 is 1.07 bits per heavy atom. The molecule has 0 radical (unpaired) electrons. The summed E-state index contributed by atoms with van der Waals surface area (Å²) in [6.45, 7) is 7.31. The summed E-state index contributed by atoms with van der Waals surface area (Å²) < 4.78 is 126. The van der Waals surface area contributed by atoms with Crippen LogP contribution in [0.1, 0.15) is 39.5 Å². The minimum absolute atomic E-state index is 0.0608. The van der Waals surface area contributed by atoms with Gasteiger partial charge in [0.05, 0.1) is 0 Å². The van der Waals surface area contributed by atoms with Crippen molar-refractivity contribution in [1.82, 2.24) is 8.80 Å². The van der Waals surface area contributed by atoms with Crippen LogP contribution in [0.4, 0.5) is 26.3 Å². The Hall–Kier alpha value is -0.170. The normalized spacial score (nSPS) is 16.0. The Balaban J connectivity index is 7.21. The van der Waals surface area contributed by atoms with Crippen molar-refractivity contribution in [3.05, 3.63) is 0 Å². The predicted molar refractivity (Wildman–Crippen MR) is 93.6 cm³/mol. The second-order valence-electron chi connectivity index (χ2n) is 7.01. The zero-order valence-corrected chi connectivity index (χ0v) is 18.1. The van der Waals surface area contributed by atoms with Crippen LogP contribution in [-0.2, 0) is 20.0 Å². The van der Waals surface area contributed by atoms with Gasteiger partial charge in [0.25, 0.3) is 0 Å². The monoisotopic (exact) mass is 470 g/mol. The molecule has 0 aliphatic carbocycles. The molecule has 0 heterocycles. The summed E-state index contributed by atoms with van der Waals surface area (Å²) in [7, 11) is -16.5. The molecule has 0 rings (SSSR count). The summed E-state index contributed by atoms with van der Waals surface area (Å²) in [6, 6.07) is 0. The number of hydrogen-bond donors (Lipinski definition) is 1. The van der Waals surface area contributed by atoms with Crippen molar-refractivity contribution in [3.63, 3.8) is 0 Å². The van der Waals surface area contributed by atoms with E-state index in [0.717, 1.165) is 0 Å². The van der Waals surface area contributed by atoms with Gasteiger partial charge in [-0.05, 0) is 0 Å². The quantitative estimate of drug-likeness (QED) is 0.317. The van der Waals surface area contributed by atoms with Gasteiger partial charge in [0.15, 0.2) is 0 Å². The van der Waals surface area contributed by atoms with Crippen molar-refractivity contribution in [2.75, 3.05) is 20.0 Å². The third-order valence-corrected chi connectivity index (χ3v) is 8.44. The zero-order chi connectivity index (χ0) is 22.1. The van der Waals surface area contributed by atoms with Crippen LogP contribution in [0.15, 0.2) is 0 Å². The SMILES string of the molecule is CCCC(CCC)(N[PH](C)(C)C)N(S(=O)(=O)C(F)(F)F)S(=O)(=O)C(F)(F)F. The van der Waals surface area contributed by atoms with Gasteiger partial charge in [-0.3, -0.25) is 0 Å². The molecule has 0 aliphatic rings. The van der Waals surface area contributed by atoms with Crippen LogP contribution in [0, 0.1) is 0 Å². The van der Waals surface area contributed by atoms with Crippen molar-refractivity contribution < 1.29 is 43.2 Å². The molecule has 0 saturated heterocycles. The standard InChI is InChI=1S/C12H25F6N2O4PS2/c1-6-8-10(9-7-2,19-25(3,4)5)20(26(21,22)11(13,14)15)27(23,24)12(16,17)18/h19,25H,6-9H2,1-5H3. The van der Waals surface area contributed by atoms with Crippen LogP contribution in [0.2, 0.25) is 0 Å². The van der Waals surface area contributed by atoms with E-state index in [2.05, 4.69) is 5.09 Å². The molecular weight excluding hydrogens is 445 g/mol. The molecule has 0 unspecified atom stereocenters. The van der Waals surface area contributed by atoms with Crippen LogP contribution in [0.25, 0.3) is 0 Å². The van der Waals surface area contributed by atoms with Gasteiger partial charge >= 0.3 is 156 Å². The first kappa shape index (κ1) is 26.8. The number of hydrogen-bond acceptors (Lipinski definition) is 5. The summed E-state index contributed by atoms with van der Waals surface area (Å²) >= 11 is 0. The Bertz CT molecular complexity index is 664. The molecule has 1 N–H and O–H groups in total. The summed E-state index contributed by atoms with van der Waals surface area (Å²) in [4.78, 5) is 0. The van der Waals surface area contributed by atoms with Crippen LogP contribution in [-0.4, -0.2) is 57.2 Å². The van der Waals surface area contributed by atoms with Crippen LogP contribution in [0.3, 0.4) is 0 Å². The number of halogens is 6. The minimum atomic E-state index is -6.87. The van der Waals surface area contributed by atoms with E-state index < -0.39 is 60.7 Å². The van der Waals surface area contributed by atoms with Gasteiger partial charge < -0.3 is 0 Å². The second kappa shape index (κ2) is 8.29. The van der Waals surface area contributed by atoms with E-state index in [0.29, 0.717) is 0 Å². The summed E-state index contributed by atoms with van der Waals surface area (Å²) in [5, 5.41) is 2.53. The van der Waals surface area contributed by atoms with Crippen molar-refractivity contribution in [2.45, 2.75) is 56.2 Å². The molecule has 0 bridgehead atoms. The zero-order valence-electron chi connectivity index (χ0n) is 15.5. The molecule has 0 spiro atoms. The average molecular weight is 470 g/mol. The van der Waals surface area contributed by atoms with Gasteiger partial charge in [-0.25, -0.2) is 0 Å². The van der Waals surface area contributed by atoms with Crippen molar-refractivity contribution in [2.24, 2.45) is 0 Å². The summed E-state index contributed by atoms with van der Waals surface area (Å²) in [6.07, 6.45) is -1.24. The van der Waals surface area contributed by atoms with Crippen molar-refractivity contribution in [3.8, 4) is 0 Å². The van der Waals surface area contributed by atoms with E-state index in [1.54, 1.807) is 0 Å². The van der Waals surface area contributed by atoms with E-state index >= 15 is 0 Å². The fraction of sp³-hybridized carbons (Fsp3) is 1.00. The average Bonchev–Trinajstić information content (AvgIpc) is 2.33. The molecule has 27 heavy (non-hydrogen) atoms. The molecular formula is C12H25F6N2O4PS2. The van der Waals surface area contributed by atoms with Crippen LogP contribution < -0.4 is 5.09 Å². The molecule has 0 aromatic rings. The van der Waals surface area contributed by atoms with Gasteiger partial charge in [0, 0.05) is 0 Å². The molecule has 0 amide bonds. The number of rotatable bonds is 9. The first-order valence-electron chi connectivity index (χ1n) is 7.92. The van der Waals surface area contributed by atoms with E-state index in [-0.39, 0.29) is 12.8 Å². The maximum absolute atomic E-state index is 13.2. The fourth-order valence-electron chi connectivity index (χ4n) is 2.78. The molecule has 0 aliphatic heterocycles. The van der Waals surface area contributed by atoms with E-state index in [1.165, 1.54) is 33.8 Å². The number of sulfonamides is 2. The van der Waals surface area contributed by atoms with E-state index in [4.69, 9.17) is 0 Å². The first-order chi connectivity index (χ1) is 11.7. The number of nitrogens with one attached hydrogen (secondary N) is 1. The van der Waals surface area contributed by atoms with Gasteiger partial charge in [-0.15, -0.1) is 0 Å². The molecule has 0 fully saturated rings. The van der Waals surface area contributed by atoms with Gasteiger partial charge in [-0.2, -0.15) is 0 Å². The predicted octanol–water partition coefficient (Wildman–Crippen LogP) is 3.43. The maximum atomic E-state index is 13.2. The molecule has 166 valence electrons. The molecule has 6 nitrogen and oxygen atoms in total. The Kier molecular flexibility index (Phi) is 8.24. The van der Waals surface area contributed by atoms with Crippen LogP contribution >= 0.6 is 7.41 Å². The van der Waals surface area contributed by atoms with Gasteiger partial charge in [-0.1, -0.05) is 0 Å². The third kappa shape index (κ3) is 5.91. The summed E-state index contributed by atoms with van der Waals surface area (Å²) in [5.74, 6) is 0. The van der Waals surface area contributed by atoms with E-state index in [1.807, 2.05) is 0 Å². The molecule has 0 aromatic carbocycles. The van der Waals surface area contributed by atoms with Gasteiger partial charge in [0.2, 0.25) is 0 Å². The molecule has 0 atom stereocenters. The second-order valence-corrected chi connectivity index (χ2v) is 15.5. The molecule has 0 saturated carbocycles. The van der Waals surface area contributed by atoms with Crippen molar-refractivity contribution in [1.29, 1.82) is 0 Å².